The first-order valence-electron chi connectivity index (χ1n) is 5.83. The van der Waals surface area contributed by atoms with E-state index in [1.807, 2.05) is 0 Å². The minimum absolute atomic E-state index is 0.00614. The van der Waals surface area contributed by atoms with Crippen LogP contribution in [0, 0.1) is 0 Å². The second kappa shape index (κ2) is 6.12. The van der Waals surface area contributed by atoms with Crippen LogP contribution in [0.2, 0.25) is 0 Å². The molecule has 0 spiro atoms. The minimum atomic E-state index is -1.02. The molecule has 1 aliphatic heterocycles. The summed E-state index contributed by atoms with van der Waals surface area (Å²) in [5.74, 6) is -0.0743. The molecule has 1 fully saturated rings. The van der Waals surface area contributed by atoms with Gasteiger partial charge in [0.05, 0.1) is 6.10 Å². The van der Waals surface area contributed by atoms with Crippen molar-refractivity contribution < 1.29 is 19.1 Å². The summed E-state index contributed by atoms with van der Waals surface area (Å²) in [5, 5.41) is 9.37. The second-order valence-corrected chi connectivity index (χ2v) is 5.15. The second-order valence-electron chi connectivity index (χ2n) is 4.05. The Morgan fingerprint density at radius 1 is 1.53 bits per heavy atom. The van der Waals surface area contributed by atoms with E-state index < -0.39 is 5.97 Å². The third kappa shape index (κ3) is 3.78. The number of ether oxygens (including phenoxy) is 1. The van der Waals surface area contributed by atoms with Gasteiger partial charge in [-0.25, -0.2) is 4.79 Å². The van der Waals surface area contributed by atoms with Gasteiger partial charge in [0.1, 0.15) is 0 Å². The maximum Gasteiger partial charge on any atom is 0.371 e. The van der Waals surface area contributed by atoms with Gasteiger partial charge in [-0.2, -0.15) is 0 Å². The third-order valence-electron chi connectivity index (χ3n) is 2.73. The number of aromatic carboxylic acids is 1. The molecule has 1 atom stereocenters. The fourth-order valence-electron chi connectivity index (χ4n) is 1.87. The maximum absolute atomic E-state index is 10.6. The van der Waals surface area contributed by atoms with Crippen LogP contribution in [-0.2, 0) is 4.74 Å². The van der Waals surface area contributed by atoms with Crippen molar-refractivity contribution >= 4 is 17.7 Å². The van der Waals surface area contributed by atoms with Gasteiger partial charge in [-0.1, -0.05) is 11.8 Å². The highest BCUT2D eigenvalue weighted by Gasteiger charge is 2.15. The molecule has 5 heteroatoms. The van der Waals surface area contributed by atoms with Gasteiger partial charge in [-0.05, 0) is 37.8 Å². The molecule has 1 aromatic heterocycles. The Bertz CT molecular complexity index is 368. The lowest BCUT2D eigenvalue weighted by atomic mass is 10.1. The molecule has 4 nitrogen and oxygen atoms in total. The lowest BCUT2D eigenvalue weighted by Crippen LogP contribution is -2.04. The highest BCUT2D eigenvalue weighted by atomic mass is 32.2. The Hall–Kier alpha value is -0.940. The first-order valence-corrected chi connectivity index (χ1v) is 6.82. The van der Waals surface area contributed by atoms with E-state index in [1.54, 1.807) is 17.8 Å². The van der Waals surface area contributed by atoms with E-state index in [2.05, 4.69) is 0 Å². The summed E-state index contributed by atoms with van der Waals surface area (Å²) in [5.41, 5.74) is 0. The predicted octanol–water partition coefficient (Wildman–Crippen LogP) is 3.03. The lowest BCUT2D eigenvalue weighted by Gasteiger charge is -2.07. The zero-order chi connectivity index (χ0) is 12.1. The summed E-state index contributed by atoms with van der Waals surface area (Å²) in [6.07, 6.45) is 4.94. The van der Waals surface area contributed by atoms with E-state index in [9.17, 15) is 4.79 Å². The molecule has 0 saturated carbocycles. The van der Waals surface area contributed by atoms with Crippen molar-refractivity contribution in [3.63, 3.8) is 0 Å². The van der Waals surface area contributed by atoms with Gasteiger partial charge >= 0.3 is 5.97 Å². The van der Waals surface area contributed by atoms with Crippen LogP contribution >= 0.6 is 11.8 Å². The maximum atomic E-state index is 10.6. The average Bonchev–Trinajstić information content (AvgIpc) is 2.96. The predicted molar refractivity (Wildman–Crippen MR) is 64.6 cm³/mol. The summed E-state index contributed by atoms with van der Waals surface area (Å²) in [6.45, 7) is 0.901. The molecule has 94 valence electrons. The average molecular weight is 256 g/mol. The molecular weight excluding hydrogens is 240 g/mol. The number of hydrogen-bond donors (Lipinski definition) is 1. The first-order chi connectivity index (χ1) is 8.25. The molecule has 1 N–H and O–H groups in total. The van der Waals surface area contributed by atoms with E-state index >= 15 is 0 Å². The Labute approximate surface area is 104 Å². The molecule has 17 heavy (non-hydrogen) atoms. The Balaban J connectivity index is 1.65. The van der Waals surface area contributed by atoms with Crippen molar-refractivity contribution in [2.45, 2.75) is 36.9 Å². The van der Waals surface area contributed by atoms with Crippen LogP contribution in [-0.4, -0.2) is 29.5 Å². The summed E-state index contributed by atoms with van der Waals surface area (Å²) in [6, 6.07) is 3.20. The number of carboxylic acids is 1. The third-order valence-corrected chi connectivity index (χ3v) is 3.73. The van der Waals surface area contributed by atoms with Crippen molar-refractivity contribution in [2.75, 3.05) is 12.4 Å². The van der Waals surface area contributed by atoms with Gasteiger partial charge in [-0.15, -0.1) is 0 Å². The first kappa shape index (κ1) is 12.5. The molecule has 0 bridgehead atoms. The molecule has 0 aliphatic carbocycles. The van der Waals surface area contributed by atoms with Crippen LogP contribution in [0.5, 0.6) is 0 Å². The van der Waals surface area contributed by atoms with Crippen LogP contribution in [0.25, 0.3) is 0 Å². The summed E-state index contributed by atoms with van der Waals surface area (Å²) in [7, 11) is 0. The van der Waals surface area contributed by atoms with E-state index in [1.165, 1.54) is 18.9 Å². The van der Waals surface area contributed by atoms with Crippen molar-refractivity contribution in [3.05, 3.63) is 17.9 Å². The lowest BCUT2D eigenvalue weighted by molar-refractivity contribution is 0.0656. The van der Waals surface area contributed by atoms with Gasteiger partial charge in [0.15, 0.2) is 5.09 Å². The Morgan fingerprint density at radius 3 is 3.06 bits per heavy atom. The molecular formula is C12H16O4S. The van der Waals surface area contributed by atoms with Crippen LogP contribution in [0.15, 0.2) is 21.6 Å². The fraction of sp³-hybridized carbons (Fsp3) is 0.583. The van der Waals surface area contributed by atoms with Crippen molar-refractivity contribution in [1.82, 2.24) is 0 Å². The van der Waals surface area contributed by atoms with Gasteiger partial charge in [-0.3, -0.25) is 0 Å². The quantitative estimate of drug-likeness (QED) is 0.626. The number of carboxylic acid groups (broad SMARTS) is 1. The molecule has 0 aromatic carbocycles. The van der Waals surface area contributed by atoms with Crippen molar-refractivity contribution in [3.8, 4) is 0 Å². The van der Waals surface area contributed by atoms with E-state index in [0.29, 0.717) is 11.2 Å². The van der Waals surface area contributed by atoms with Crippen LogP contribution < -0.4 is 0 Å². The minimum Gasteiger partial charge on any atom is -0.475 e. The zero-order valence-electron chi connectivity index (χ0n) is 9.55. The van der Waals surface area contributed by atoms with Gasteiger partial charge < -0.3 is 14.3 Å². The Kier molecular flexibility index (Phi) is 4.50. The number of rotatable bonds is 6. The van der Waals surface area contributed by atoms with E-state index in [4.69, 9.17) is 14.3 Å². The molecule has 1 aromatic rings. The monoisotopic (exact) mass is 256 g/mol. The van der Waals surface area contributed by atoms with Gasteiger partial charge in [0.25, 0.3) is 0 Å². The number of hydrogen-bond acceptors (Lipinski definition) is 4. The number of carbonyl (C=O) groups is 1. The summed E-state index contributed by atoms with van der Waals surface area (Å²) < 4.78 is 10.7. The van der Waals surface area contributed by atoms with Crippen molar-refractivity contribution in [2.24, 2.45) is 0 Å². The molecule has 1 unspecified atom stereocenters. The largest absolute Gasteiger partial charge is 0.475 e. The summed E-state index contributed by atoms with van der Waals surface area (Å²) >= 11 is 1.56. The van der Waals surface area contributed by atoms with Gasteiger partial charge in [0.2, 0.25) is 5.76 Å². The van der Waals surface area contributed by atoms with Crippen LogP contribution in [0.1, 0.15) is 36.2 Å². The topological polar surface area (TPSA) is 59.7 Å². The van der Waals surface area contributed by atoms with Gasteiger partial charge in [0, 0.05) is 12.4 Å². The molecule has 1 saturated heterocycles. The SMILES string of the molecule is O=C(O)c1ccc(SCCCC2CCCO2)o1. The van der Waals surface area contributed by atoms with Crippen LogP contribution in [0.3, 0.4) is 0 Å². The standard InChI is InChI=1S/C12H16O4S/c13-12(14)10-5-6-11(16-10)17-8-2-4-9-3-1-7-15-9/h5-6,9H,1-4,7-8H2,(H,13,14). The summed E-state index contributed by atoms with van der Waals surface area (Å²) in [4.78, 5) is 10.6. The molecule has 1 aliphatic rings. The smallest absolute Gasteiger partial charge is 0.371 e. The van der Waals surface area contributed by atoms with E-state index in [0.717, 1.165) is 25.2 Å². The molecule has 0 amide bonds. The number of thioether (sulfide) groups is 1. The zero-order valence-corrected chi connectivity index (χ0v) is 10.4. The normalized spacial score (nSPS) is 19.6. The molecule has 2 rings (SSSR count). The number of furan rings is 1. The van der Waals surface area contributed by atoms with E-state index in [-0.39, 0.29) is 5.76 Å². The highest BCUT2D eigenvalue weighted by molar-refractivity contribution is 7.99. The molecule has 0 radical (unpaired) electrons. The fourth-order valence-corrected chi connectivity index (χ4v) is 2.69. The molecule has 2 heterocycles. The van der Waals surface area contributed by atoms with Crippen LogP contribution in [0.4, 0.5) is 0 Å². The highest BCUT2D eigenvalue weighted by Crippen LogP contribution is 2.24. The van der Waals surface area contributed by atoms with Crippen molar-refractivity contribution in [1.29, 1.82) is 0 Å². The Morgan fingerprint density at radius 2 is 2.41 bits per heavy atom.